The molecule has 1 aromatic rings. The summed E-state index contributed by atoms with van der Waals surface area (Å²) in [7, 11) is 1.31. The predicted molar refractivity (Wildman–Crippen MR) is 53.9 cm³/mol. The second-order valence-electron chi connectivity index (χ2n) is 2.92. The fourth-order valence-electron chi connectivity index (χ4n) is 1.02. The zero-order valence-corrected chi connectivity index (χ0v) is 8.15. The van der Waals surface area contributed by atoms with Crippen LogP contribution in [0.2, 0.25) is 0 Å². The average molecular weight is 192 g/mol. The summed E-state index contributed by atoms with van der Waals surface area (Å²) in [6.07, 6.45) is 2.78. The Morgan fingerprint density at radius 2 is 2.21 bits per heavy atom. The Labute approximate surface area is 82.6 Å². The minimum absolute atomic E-state index is 0.158. The zero-order valence-electron chi connectivity index (χ0n) is 8.15. The van der Waals surface area contributed by atoms with Crippen LogP contribution in [0.1, 0.15) is 11.1 Å². The summed E-state index contributed by atoms with van der Waals surface area (Å²) >= 11 is 0. The number of carbonyl (C=O) groups is 1. The van der Waals surface area contributed by atoms with E-state index in [-0.39, 0.29) is 5.75 Å². The number of aryl methyl sites for hydroxylation is 1. The fraction of sp³-hybridized carbons (Fsp3) is 0.182. The van der Waals surface area contributed by atoms with Gasteiger partial charge in [-0.25, -0.2) is 4.79 Å². The van der Waals surface area contributed by atoms with E-state index < -0.39 is 5.97 Å². The van der Waals surface area contributed by atoms with Crippen LogP contribution in [0.25, 0.3) is 6.08 Å². The maximum Gasteiger partial charge on any atom is 0.330 e. The highest BCUT2D eigenvalue weighted by Crippen LogP contribution is 2.19. The molecule has 3 nitrogen and oxygen atoms in total. The van der Waals surface area contributed by atoms with Gasteiger partial charge < -0.3 is 9.84 Å². The highest BCUT2D eigenvalue weighted by atomic mass is 16.5. The third kappa shape index (κ3) is 2.62. The molecule has 0 fully saturated rings. The van der Waals surface area contributed by atoms with Crippen LogP contribution < -0.4 is 0 Å². The summed E-state index contributed by atoms with van der Waals surface area (Å²) in [4.78, 5) is 10.8. The number of rotatable bonds is 2. The number of phenolic OH excluding ortho intramolecular Hbond substituents is 1. The smallest absolute Gasteiger partial charge is 0.330 e. The maximum atomic E-state index is 10.8. The summed E-state index contributed by atoms with van der Waals surface area (Å²) in [5.74, 6) is -0.282. The number of phenols is 1. The normalized spacial score (nSPS) is 10.4. The van der Waals surface area contributed by atoms with Crippen molar-refractivity contribution in [1.82, 2.24) is 0 Å². The number of hydrogen-bond acceptors (Lipinski definition) is 3. The summed E-state index contributed by atoms with van der Waals surface area (Å²) in [6, 6.07) is 5.23. The number of carbonyl (C=O) groups excluding carboxylic acids is 1. The molecule has 0 spiro atoms. The third-order valence-corrected chi connectivity index (χ3v) is 1.79. The van der Waals surface area contributed by atoms with Crippen molar-refractivity contribution >= 4 is 12.0 Å². The van der Waals surface area contributed by atoms with E-state index in [1.165, 1.54) is 19.3 Å². The van der Waals surface area contributed by atoms with E-state index in [1.54, 1.807) is 12.1 Å². The minimum Gasteiger partial charge on any atom is -0.507 e. The lowest BCUT2D eigenvalue weighted by molar-refractivity contribution is -0.134. The maximum absolute atomic E-state index is 10.8. The summed E-state index contributed by atoms with van der Waals surface area (Å²) in [5, 5.41) is 9.47. The van der Waals surface area contributed by atoms with Crippen molar-refractivity contribution in [3.05, 3.63) is 35.4 Å². The SMILES string of the molecule is COC(=O)/C=C/c1ccc(C)cc1O. The molecule has 1 N–H and O–H groups in total. The molecule has 74 valence electrons. The van der Waals surface area contributed by atoms with Gasteiger partial charge in [-0.3, -0.25) is 0 Å². The second-order valence-corrected chi connectivity index (χ2v) is 2.92. The lowest BCUT2D eigenvalue weighted by Gasteiger charge is -1.99. The quantitative estimate of drug-likeness (QED) is 0.575. The van der Waals surface area contributed by atoms with E-state index in [9.17, 15) is 9.90 Å². The largest absolute Gasteiger partial charge is 0.507 e. The first-order chi connectivity index (χ1) is 6.63. The number of ether oxygens (including phenoxy) is 1. The van der Waals surface area contributed by atoms with Crippen LogP contribution in [0, 0.1) is 6.92 Å². The van der Waals surface area contributed by atoms with Gasteiger partial charge in [-0.05, 0) is 24.6 Å². The van der Waals surface area contributed by atoms with Gasteiger partial charge in [0, 0.05) is 11.6 Å². The van der Waals surface area contributed by atoms with Crippen LogP contribution in [0.3, 0.4) is 0 Å². The zero-order chi connectivity index (χ0) is 10.6. The molecule has 0 unspecified atom stereocenters. The molecule has 0 aliphatic rings. The van der Waals surface area contributed by atoms with Crippen molar-refractivity contribution < 1.29 is 14.6 Å². The molecule has 0 atom stereocenters. The van der Waals surface area contributed by atoms with Gasteiger partial charge in [-0.2, -0.15) is 0 Å². The Morgan fingerprint density at radius 3 is 2.79 bits per heavy atom. The second kappa shape index (κ2) is 4.46. The summed E-state index contributed by atoms with van der Waals surface area (Å²) in [5.41, 5.74) is 1.57. The molecule has 0 amide bonds. The number of hydrogen-bond donors (Lipinski definition) is 1. The molecule has 0 saturated heterocycles. The van der Waals surface area contributed by atoms with Crippen molar-refractivity contribution in [2.45, 2.75) is 6.92 Å². The first-order valence-electron chi connectivity index (χ1n) is 4.19. The molecule has 1 rings (SSSR count). The molecule has 1 aromatic carbocycles. The first kappa shape index (κ1) is 10.3. The lowest BCUT2D eigenvalue weighted by atomic mass is 10.1. The molecule has 0 aliphatic carbocycles. The van der Waals surface area contributed by atoms with Crippen LogP contribution in [0.15, 0.2) is 24.3 Å². The van der Waals surface area contributed by atoms with E-state index in [0.29, 0.717) is 5.56 Å². The Balaban J connectivity index is 2.87. The highest BCUT2D eigenvalue weighted by molar-refractivity contribution is 5.87. The van der Waals surface area contributed by atoms with Crippen molar-refractivity contribution in [2.75, 3.05) is 7.11 Å². The molecular formula is C11H12O3. The number of benzene rings is 1. The molecule has 0 aliphatic heterocycles. The Kier molecular flexibility index (Phi) is 3.29. The molecule has 3 heteroatoms. The molecule has 0 saturated carbocycles. The first-order valence-corrected chi connectivity index (χ1v) is 4.19. The number of aromatic hydroxyl groups is 1. The Morgan fingerprint density at radius 1 is 1.50 bits per heavy atom. The van der Waals surface area contributed by atoms with Gasteiger partial charge in [0.25, 0.3) is 0 Å². The van der Waals surface area contributed by atoms with Crippen LogP contribution >= 0.6 is 0 Å². The topological polar surface area (TPSA) is 46.5 Å². The van der Waals surface area contributed by atoms with Crippen LogP contribution in [-0.2, 0) is 9.53 Å². The minimum atomic E-state index is -0.440. The highest BCUT2D eigenvalue weighted by Gasteiger charge is 1.98. The van der Waals surface area contributed by atoms with Crippen LogP contribution in [-0.4, -0.2) is 18.2 Å². The third-order valence-electron chi connectivity index (χ3n) is 1.79. The van der Waals surface area contributed by atoms with E-state index in [1.807, 2.05) is 13.0 Å². The molecule has 0 heterocycles. The van der Waals surface area contributed by atoms with Gasteiger partial charge in [0.1, 0.15) is 5.75 Å². The number of methoxy groups -OCH3 is 1. The van der Waals surface area contributed by atoms with Gasteiger partial charge in [-0.15, -0.1) is 0 Å². The number of esters is 1. The molecular weight excluding hydrogens is 180 g/mol. The van der Waals surface area contributed by atoms with E-state index >= 15 is 0 Å². The van der Waals surface area contributed by atoms with Crippen molar-refractivity contribution in [3.63, 3.8) is 0 Å². The standard InChI is InChI=1S/C11H12O3/c1-8-3-4-9(10(12)7-8)5-6-11(13)14-2/h3-7,12H,1-2H3/b6-5+. The summed E-state index contributed by atoms with van der Waals surface area (Å²) in [6.45, 7) is 1.88. The summed E-state index contributed by atoms with van der Waals surface area (Å²) < 4.78 is 4.43. The van der Waals surface area contributed by atoms with Gasteiger partial charge in [-0.1, -0.05) is 12.1 Å². The van der Waals surface area contributed by atoms with Gasteiger partial charge in [0.2, 0.25) is 0 Å². The molecule has 0 aromatic heterocycles. The van der Waals surface area contributed by atoms with Crippen molar-refractivity contribution in [3.8, 4) is 5.75 Å². The van der Waals surface area contributed by atoms with Gasteiger partial charge in [0.05, 0.1) is 7.11 Å². The molecule has 14 heavy (non-hydrogen) atoms. The van der Waals surface area contributed by atoms with E-state index in [4.69, 9.17) is 0 Å². The van der Waals surface area contributed by atoms with Crippen molar-refractivity contribution in [2.24, 2.45) is 0 Å². The average Bonchev–Trinajstić information content (AvgIpc) is 2.16. The van der Waals surface area contributed by atoms with Crippen LogP contribution in [0.5, 0.6) is 5.75 Å². The lowest BCUT2D eigenvalue weighted by Crippen LogP contribution is -1.93. The molecule has 0 radical (unpaired) electrons. The van der Waals surface area contributed by atoms with Gasteiger partial charge in [0.15, 0.2) is 0 Å². The van der Waals surface area contributed by atoms with E-state index in [0.717, 1.165) is 5.56 Å². The molecule has 0 bridgehead atoms. The fourth-order valence-corrected chi connectivity index (χ4v) is 1.02. The Hall–Kier alpha value is -1.77. The Bertz CT molecular complexity index is 367. The van der Waals surface area contributed by atoms with Crippen LogP contribution in [0.4, 0.5) is 0 Å². The monoisotopic (exact) mass is 192 g/mol. The van der Waals surface area contributed by atoms with Crippen molar-refractivity contribution in [1.29, 1.82) is 0 Å². The van der Waals surface area contributed by atoms with E-state index in [2.05, 4.69) is 4.74 Å². The predicted octanol–water partition coefficient (Wildman–Crippen LogP) is 1.89. The van der Waals surface area contributed by atoms with Gasteiger partial charge >= 0.3 is 5.97 Å².